The van der Waals surface area contributed by atoms with Crippen molar-refractivity contribution in [1.29, 1.82) is 0 Å². The number of rotatable bonds is 1. The number of anilines is 1. The fourth-order valence-electron chi connectivity index (χ4n) is 3.95. The number of methoxy groups -OCH3 is 1. The van der Waals surface area contributed by atoms with Crippen LogP contribution in [0.2, 0.25) is 0 Å². The smallest absolute Gasteiger partial charge is 0.128 e. The molecule has 0 bridgehead atoms. The zero-order chi connectivity index (χ0) is 16.2. The predicted octanol–water partition coefficient (Wildman–Crippen LogP) is 4.75. The van der Waals surface area contributed by atoms with Gasteiger partial charge in [0.05, 0.1) is 25.3 Å². The van der Waals surface area contributed by atoms with Crippen molar-refractivity contribution in [3.63, 3.8) is 0 Å². The van der Waals surface area contributed by atoms with Gasteiger partial charge < -0.3 is 14.8 Å². The van der Waals surface area contributed by atoms with E-state index in [0.29, 0.717) is 5.92 Å². The number of fused-ring (bicyclic) bond motifs is 4. The summed E-state index contributed by atoms with van der Waals surface area (Å²) in [5.41, 5.74) is 3.76. The van der Waals surface area contributed by atoms with Crippen molar-refractivity contribution >= 4 is 28.3 Å². The maximum Gasteiger partial charge on any atom is 0.128 e. The quantitative estimate of drug-likeness (QED) is 0.675. The predicted molar refractivity (Wildman–Crippen MR) is 101 cm³/mol. The van der Waals surface area contributed by atoms with Crippen molar-refractivity contribution in [3.05, 3.63) is 51.1 Å². The van der Waals surface area contributed by atoms with E-state index >= 15 is 0 Å². The maximum atomic E-state index is 6.09. The molecule has 2 aliphatic heterocycles. The summed E-state index contributed by atoms with van der Waals surface area (Å²) in [5, 5.41) is 3.75. The summed E-state index contributed by atoms with van der Waals surface area (Å²) in [6.45, 7) is 5.37. The maximum absolute atomic E-state index is 6.09. The van der Waals surface area contributed by atoms with E-state index in [9.17, 15) is 0 Å². The van der Waals surface area contributed by atoms with E-state index in [0.717, 1.165) is 23.7 Å². The minimum absolute atomic E-state index is 0.0327. The van der Waals surface area contributed by atoms with Gasteiger partial charge in [-0.25, -0.2) is 0 Å². The topological polar surface area (TPSA) is 30.5 Å². The number of benzene rings is 2. The van der Waals surface area contributed by atoms with Crippen molar-refractivity contribution in [3.8, 4) is 11.5 Å². The van der Waals surface area contributed by atoms with Crippen LogP contribution < -0.4 is 14.8 Å². The van der Waals surface area contributed by atoms with Gasteiger partial charge in [0.1, 0.15) is 11.5 Å². The highest BCUT2D eigenvalue weighted by Gasteiger charge is 2.47. The summed E-state index contributed by atoms with van der Waals surface area (Å²) in [4.78, 5) is 0. The van der Waals surface area contributed by atoms with Crippen LogP contribution in [0.5, 0.6) is 11.5 Å². The molecule has 0 amide bonds. The molecule has 2 unspecified atom stereocenters. The zero-order valence-electron chi connectivity index (χ0n) is 13.5. The Kier molecular flexibility index (Phi) is 3.48. The van der Waals surface area contributed by atoms with Gasteiger partial charge in [0.2, 0.25) is 0 Å². The Balaban J connectivity index is 1.90. The Bertz CT molecular complexity index is 758. The summed E-state index contributed by atoms with van der Waals surface area (Å²) in [7, 11) is 1.73. The van der Waals surface area contributed by atoms with E-state index in [1.54, 1.807) is 7.11 Å². The van der Waals surface area contributed by atoms with Crippen LogP contribution in [-0.4, -0.2) is 13.7 Å². The molecule has 0 saturated carbocycles. The van der Waals surface area contributed by atoms with Gasteiger partial charge in [-0.15, -0.1) is 0 Å². The van der Waals surface area contributed by atoms with E-state index in [4.69, 9.17) is 9.47 Å². The highest BCUT2D eigenvalue weighted by molar-refractivity contribution is 14.1. The Morgan fingerprint density at radius 2 is 2.09 bits per heavy atom. The molecule has 4 rings (SSSR count). The summed E-state index contributed by atoms with van der Waals surface area (Å²) in [6.07, 6.45) is 0. The van der Waals surface area contributed by atoms with E-state index < -0.39 is 0 Å². The molecule has 2 atom stereocenters. The number of ether oxygens (including phenoxy) is 2. The molecule has 2 heterocycles. The molecule has 0 aromatic heterocycles. The lowest BCUT2D eigenvalue weighted by molar-refractivity contribution is 0.133. The van der Waals surface area contributed by atoms with E-state index in [-0.39, 0.29) is 11.5 Å². The van der Waals surface area contributed by atoms with E-state index in [1.165, 1.54) is 14.8 Å². The van der Waals surface area contributed by atoms with Crippen LogP contribution in [-0.2, 0) is 5.41 Å². The second kappa shape index (κ2) is 5.30. The van der Waals surface area contributed by atoms with Crippen molar-refractivity contribution in [2.24, 2.45) is 5.92 Å². The molecule has 120 valence electrons. The standard InChI is InChI=1S/C19H20INO2/c1-19(2)12-9-11(20)7-8-14(12)21-18-13(19)10-23-16-6-4-5-15(22-3)17(16)18/h4-9,13,18,21H,10H2,1-3H3. The molecule has 23 heavy (non-hydrogen) atoms. The van der Waals surface area contributed by atoms with Gasteiger partial charge in [0.15, 0.2) is 0 Å². The number of nitrogens with one attached hydrogen (secondary N) is 1. The molecule has 0 saturated heterocycles. The fourth-order valence-corrected chi connectivity index (χ4v) is 4.44. The molecule has 0 fully saturated rings. The van der Waals surface area contributed by atoms with Crippen molar-refractivity contribution in [2.75, 3.05) is 19.0 Å². The average Bonchev–Trinajstić information content (AvgIpc) is 2.55. The van der Waals surface area contributed by atoms with E-state index in [1.807, 2.05) is 18.2 Å². The summed E-state index contributed by atoms with van der Waals surface area (Å²) in [6, 6.07) is 12.9. The minimum atomic E-state index is 0.0327. The normalized spacial score (nSPS) is 23.7. The van der Waals surface area contributed by atoms with Crippen LogP contribution in [0.3, 0.4) is 0 Å². The third kappa shape index (κ3) is 2.22. The number of hydrogen-bond donors (Lipinski definition) is 1. The molecule has 2 aromatic rings. The fraction of sp³-hybridized carbons (Fsp3) is 0.368. The second-order valence-electron chi connectivity index (χ2n) is 6.82. The molecule has 0 aliphatic carbocycles. The molecule has 2 aliphatic rings. The van der Waals surface area contributed by atoms with Gasteiger partial charge in [-0.3, -0.25) is 0 Å². The third-order valence-corrected chi connectivity index (χ3v) is 5.96. The molecule has 4 heteroatoms. The number of halogens is 1. The third-order valence-electron chi connectivity index (χ3n) is 5.29. The molecule has 0 radical (unpaired) electrons. The minimum Gasteiger partial charge on any atom is -0.496 e. The van der Waals surface area contributed by atoms with Crippen LogP contribution in [0.1, 0.15) is 31.0 Å². The van der Waals surface area contributed by atoms with Gasteiger partial charge in [-0.1, -0.05) is 19.9 Å². The first kappa shape index (κ1) is 15.1. The Labute approximate surface area is 150 Å². The Morgan fingerprint density at radius 1 is 1.26 bits per heavy atom. The lowest BCUT2D eigenvalue weighted by atomic mass is 9.65. The highest BCUT2D eigenvalue weighted by atomic mass is 127. The molecular formula is C19H20INO2. The summed E-state index contributed by atoms with van der Waals surface area (Å²) >= 11 is 2.38. The SMILES string of the molecule is COc1cccc2c1C1Nc3ccc(I)cc3C(C)(C)C1CO2. The molecule has 1 N–H and O–H groups in total. The van der Waals surface area contributed by atoms with Gasteiger partial charge in [0.25, 0.3) is 0 Å². The molecule has 3 nitrogen and oxygen atoms in total. The largest absolute Gasteiger partial charge is 0.496 e. The van der Waals surface area contributed by atoms with Crippen molar-refractivity contribution < 1.29 is 9.47 Å². The first-order valence-corrected chi connectivity index (χ1v) is 8.96. The highest BCUT2D eigenvalue weighted by Crippen LogP contribution is 2.54. The van der Waals surface area contributed by atoms with Crippen LogP contribution in [0.4, 0.5) is 5.69 Å². The lowest BCUT2D eigenvalue weighted by Gasteiger charge is -2.48. The first-order valence-electron chi connectivity index (χ1n) is 7.88. The summed E-state index contributed by atoms with van der Waals surface area (Å²) < 4.78 is 13.0. The molecule has 2 aromatic carbocycles. The van der Waals surface area contributed by atoms with Crippen molar-refractivity contribution in [1.82, 2.24) is 0 Å². The van der Waals surface area contributed by atoms with Crippen LogP contribution in [0.25, 0.3) is 0 Å². The van der Waals surface area contributed by atoms with Crippen LogP contribution in [0.15, 0.2) is 36.4 Å². The van der Waals surface area contributed by atoms with Gasteiger partial charge >= 0.3 is 0 Å². The first-order chi connectivity index (χ1) is 11.0. The van der Waals surface area contributed by atoms with Gasteiger partial charge in [-0.05, 0) is 58.5 Å². The second-order valence-corrected chi connectivity index (χ2v) is 8.07. The monoisotopic (exact) mass is 421 g/mol. The Hall–Kier alpha value is -1.43. The zero-order valence-corrected chi connectivity index (χ0v) is 15.7. The molecular weight excluding hydrogens is 401 g/mol. The lowest BCUT2D eigenvalue weighted by Crippen LogP contribution is -2.46. The summed E-state index contributed by atoms with van der Waals surface area (Å²) in [5.74, 6) is 2.19. The molecule has 0 spiro atoms. The Morgan fingerprint density at radius 3 is 2.87 bits per heavy atom. The van der Waals surface area contributed by atoms with Crippen LogP contribution >= 0.6 is 22.6 Å². The number of hydrogen-bond acceptors (Lipinski definition) is 3. The van der Waals surface area contributed by atoms with Crippen molar-refractivity contribution in [2.45, 2.75) is 25.3 Å². The van der Waals surface area contributed by atoms with Gasteiger partial charge in [0, 0.05) is 20.6 Å². The average molecular weight is 421 g/mol. The van der Waals surface area contributed by atoms with Gasteiger partial charge in [-0.2, -0.15) is 0 Å². The van der Waals surface area contributed by atoms with E-state index in [2.05, 4.69) is 60.0 Å². The van der Waals surface area contributed by atoms with Crippen LogP contribution in [0, 0.1) is 9.49 Å².